The van der Waals surface area contributed by atoms with E-state index in [-0.39, 0.29) is 11.8 Å². The van der Waals surface area contributed by atoms with E-state index in [1.54, 1.807) is 10.3 Å². The van der Waals surface area contributed by atoms with Gasteiger partial charge in [-0.2, -0.15) is 0 Å². The molecule has 3 rings (SSSR count). The van der Waals surface area contributed by atoms with Crippen molar-refractivity contribution < 1.29 is 9.59 Å². The van der Waals surface area contributed by atoms with Gasteiger partial charge in [0, 0.05) is 24.2 Å². The van der Waals surface area contributed by atoms with Crippen LogP contribution in [0, 0.1) is 6.92 Å². The summed E-state index contributed by atoms with van der Waals surface area (Å²) in [5.41, 5.74) is 7.85. The van der Waals surface area contributed by atoms with Gasteiger partial charge in [-0.25, -0.2) is 4.98 Å². The summed E-state index contributed by atoms with van der Waals surface area (Å²) in [5.74, 6) is -0.400. The SMILES string of the molecule is Cc1ccc(N2CCCC(NC(=O)c3csc(CN)n3)C2=O)cc1. The lowest BCUT2D eigenvalue weighted by Crippen LogP contribution is -2.52. The number of aromatic nitrogens is 1. The lowest BCUT2D eigenvalue weighted by atomic mass is 10.0. The van der Waals surface area contributed by atoms with Crippen LogP contribution >= 0.6 is 11.3 Å². The van der Waals surface area contributed by atoms with Gasteiger partial charge >= 0.3 is 0 Å². The molecule has 1 unspecified atom stereocenters. The molecule has 0 spiro atoms. The first-order valence-corrected chi connectivity index (χ1v) is 8.80. The molecule has 1 aromatic heterocycles. The summed E-state index contributed by atoms with van der Waals surface area (Å²) in [6.45, 7) is 2.98. The Morgan fingerprint density at radius 1 is 1.42 bits per heavy atom. The van der Waals surface area contributed by atoms with E-state index < -0.39 is 6.04 Å². The van der Waals surface area contributed by atoms with Crippen molar-refractivity contribution in [1.29, 1.82) is 0 Å². The van der Waals surface area contributed by atoms with Crippen molar-refractivity contribution in [2.75, 3.05) is 11.4 Å². The maximum Gasteiger partial charge on any atom is 0.271 e. The second kappa shape index (κ2) is 7.11. The summed E-state index contributed by atoms with van der Waals surface area (Å²) in [6.07, 6.45) is 1.48. The molecule has 0 saturated carbocycles. The predicted molar refractivity (Wildman–Crippen MR) is 94.0 cm³/mol. The highest BCUT2D eigenvalue weighted by Gasteiger charge is 2.31. The second-order valence-electron chi connectivity index (χ2n) is 5.82. The molecule has 126 valence electrons. The Balaban J connectivity index is 1.70. The molecule has 1 aromatic carbocycles. The minimum absolute atomic E-state index is 0.0762. The maximum atomic E-state index is 12.7. The normalized spacial score (nSPS) is 17.8. The number of aryl methyl sites for hydroxylation is 1. The minimum atomic E-state index is -0.518. The highest BCUT2D eigenvalue weighted by molar-refractivity contribution is 7.09. The lowest BCUT2D eigenvalue weighted by molar-refractivity contribution is -0.121. The number of carbonyl (C=O) groups is 2. The maximum absolute atomic E-state index is 12.7. The number of nitrogens with two attached hydrogens (primary N) is 1. The van der Waals surface area contributed by atoms with Crippen LogP contribution in [0.4, 0.5) is 5.69 Å². The van der Waals surface area contributed by atoms with Crippen molar-refractivity contribution >= 4 is 28.8 Å². The molecule has 6 nitrogen and oxygen atoms in total. The molecular weight excluding hydrogens is 324 g/mol. The van der Waals surface area contributed by atoms with Crippen molar-refractivity contribution in [1.82, 2.24) is 10.3 Å². The van der Waals surface area contributed by atoms with Gasteiger partial charge in [0.25, 0.3) is 5.91 Å². The van der Waals surface area contributed by atoms with Gasteiger partial charge in [-0.3, -0.25) is 9.59 Å². The Bertz CT molecular complexity index is 741. The van der Waals surface area contributed by atoms with Crippen molar-refractivity contribution in [2.24, 2.45) is 5.73 Å². The molecule has 3 N–H and O–H groups in total. The predicted octanol–water partition coefficient (Wildman–Crippen LogP) is 1.84. The largest absolute Gasteiger partial charge is 0.339 e. The number of nitrogens with zero attached hydrogens (tertiary/aromatic N) is 2. The summed E-state index contributed by atoms with van der Waals surface area (Å²) >= 11 is 1.35. The summed E-state index contributed by atoms with van der Waals surface area (Å²) in [6, 6.07) is 7.32. The molecule has 2 aromatic rings. The number of carbonyl (C=O) groups excluding carboxylic acids is 2. The van der Waals surface area contributed by atoms with Crippen molar-refractivity contribution in [2.45, 2.75) is 32.4 Å². The average molecular weight is 344 g/mol. The highest BCUT2D eigenvalue weighted by Crippen LogP contribution is 2.22. The van der Waals surface area contributed by atoms with Gasteiger partial charge in [0.15, 0.2) is 0 Å². The third-order valence-electron chi connectivity index (χ3n) is 4.05. The zero-order valence-electron chi connectivity index (χ0n) is 13.5. The van der Waals surface area contributed by atoms with Gasteiger partial charge in [-0.05, 0) is 31.9 Å². The first-order valence-electron chi connectivity index (χ1n) is 7.92. The van der Waals surface area contributed by atoms with E-state index in [1.807, 2.05) is 31.2 Å². The van der Waals surface area contributed by atoms with E-state index in [4.69, 9.17) is 5.73 Å². The van der Waals surface area contributed by atoms with E-state index in [0.29, 0.717) is 30.2 Å². The Morgan fingerprint density at radius 3 is 2.83 bits per heavy atom. The molecule has 1 atom stereocenters. The highest BCUT2D eigenvalue weighted by atomic mass is 32.1. The fraction of sp³-hybridized carbons (Fsp3) is 0.353. The quantitative estimate of drug-likeness (QED) is 0.886. The number of piperidine rings is 1. The Labute approximate surface area is 144 Å². The smallest absolute Gasteiger partial charge is 0.271 e. The number of hydrogen-bond acceptors (Lipinski definition) is 5. The lowest BCUT2D eigenvalue weighted by Gasteiger charge is -2.32. The van der Waals surface area contributed by atoms with Crippen LogP contribution in [0.15, 0.2) is 29.6 Å². The van der Waals surface area contributed by atoms with E-state index in [9.17, 15) is 9.59 Å². The monoisotopic (exact) mass is 344 g/mol. The van der Waals surface area contributed by atoms with E-state index >= 15 is 0 Å². The zero-order chi connectivity index (χ0) is 17.1. The van der Waals surface area contributed by atoms with Gasteiger partial charge in [-0.1, -0.05) is 17.7 Å². The van der Waals surface area contributed by atoms with Crippen LogP contribution < -0.4 is 16.0 Å². The van der Waals surface area contributed by atoms with Crippen LogP contribution in [0.1, 0.15) is 33.9 Å². The molecule has 1 fully saturated rings. The first kappa shape index (κ1) is 16.6. The standard InChI is InChI=1S/C17H20N4O2S/c1-11-4-6-12(7-5-11)21-8-2-3-13(17(21)23)20-16(22)14-10-24-15(9-18)19-14/h4-7,10,13H,2-3,8-9,18H2,1H3,(H,20,22). The van der Waals surface area contributed by atoms with Gasteiger partial charge in [0.05, 0.1) is 0 Å². The summed E-state index contributed by atoms with van der Waals surface area (Å²) in [4.78, 5) is 30.9. The van der Waals surface area contributed by atoms with Crippen molar-refractivity contribution in [3.8, 4) is 0 Å². The van der Waals surface area contributed by atoms with Crippen molar-refractivity contribution in [3.05, 3.63) is 45.9 Å². The van der Waals surface area contributed by atoms with Gasteiger partial charge < -0.3 is 16.0 Å². The first-order chi connectivity index (χ1) is 11.6. The molecule has 0 bridgehead atoms. The van der Waals surface area contributed by atoms with Crippen LogP contribution in [0.2, 0.25) is 0 Å². The van der Waals surface area contributed by atoms with E-state index in [2.05, 4.69) is 10.3 Å². The number of rotatable bonds is 4. The summed E-state index contributed by atoms with van der Waals surface area (Å²) in [7, 11) is 0. The topological polar surface area (TPSA) is 88.3 Å². The van der Waals surface area contributed by atoms with E-state index in [0.717, 1.165) is 17.7 Å². The number of benzene rings is 1. The summed E-state index contributed by atoms with van der Waals surface area (Å²) in [5, 5.41) is 5.18. The molecule has 1 aliphatic rings. The average Bonchev–Trinajstić information content (AvgIpc) is 3.07. The fourth-order valence-electron chi connectivity index (χ4n) is 2.73. The molecule has 7 heteroatoms. The molecule has 0 aliphatic carbocycles. The molecule has 2 heterocycles. The van der Waals surface area contributed by atoms with Gasteiger partial charge in [0.1, 0.15) is 16.7 Å². The number of amides is 2. The fourth-order valence-corrected chi connectivity index (χ4v) is 3.39. The third kappa shape index (κ3) is 3.47. The molecule has 2 amide bonds. The van der Waals surface area contributed by atoms with Crippen LogP contribution in [-0.4, -0.2) is 29.4 Å². The van der Waals surface area contributed by atoms with Crippen LogP contribution in [0.5, 0.6) is 0 Å². The molecular formula is C17H20N4O2S. The molecule has 1 aliphatic heterocycles. The van der Waals surface area contributed by atoms with Gasteiger partial charge in [-0.15, -0.1) is 11.3 Å². The van der Waals surface area contributed by atoms with Crippen LogP contribution in [0.25, 0.3) is 0 Å². The molecule has 1 saturated heterocycles. The molecule has 0 radical (unpaired) electrons. The van der Waals surface area contributed by atoms with E-state index in [1.165, 1.54) is 11.3 Å². The Morgan fingerprint density at radius 2 is 2.17 bits per heavy atom. The van der Waals surface area contributed by atoms with Crippen LogP contribution in [-0.2, 0) is 11.3 Å². The second-order valence-corrected chi connectivity index (χ2v) is 6.77. The number of thiazole rings is 1. The molecule has 24 heavy (non-hydrogen) atoms. The number of anilines is 1. The Hall–Kier alpha value is -2.25. The van der Waals surface area contributed by atoms with Crippen molar-refractivity contribution in [3.63, 3.8) is 0 Å². The third-order valence-corrected chi connectivity index (χ3v) is 4.92. The Kier molecular flexibility index (Phi) is 4.92. The number of hydrogen-bond donors (Lipinski definition) is 2. The van der Waals surface area contributed by atoms with Crippen LogP contribution in [0.3, 0.4) is 0 Å². The zero-order valence-corrected chi connectivity index (χ0v) is 14.3. The summed E-state index contributed by atoms with van der Waals surface area (Å²) < 4.78 is 0. The van der Waals surface area contributed by atoms with Gasteiger partial charge in [0.2, 0.25) is 5.91 Å². The number of nitrogens with one attached hydrogen (secondary N) is 1. The minimum Gasteiger partial charge on any atom is -0.339 e.